The van der Waals surface area contributed by atoms with Gasteiger partial charge in [-0.3, -0.25) is 9.52 Å². The summed E-state index contributed by atoms with van der Waals surface area (Å²) < 4.78 is 32.6. The molecule has 0 unspecified atom stereocenters. The van der Waals surface area contributed by atoms with E-state index in [1.807, 2.05) is 0 Å². The lowest BCUT2D eigenvalue weighted by molar-refractivity contribution is 0.415. The fourth-order valence-electron chi connectivity index (χ4n) is 2.57. The van der Waals surface area contributed by atoms with Gasteiger partial charge in [-0.05, 0) is 55.0 Å². The highest BCUT2D eigenvalue weighted by atomic mass is 32.2. The van der Waals surface area contributed by atoms with Crippen molar-refractivity contribution in [2.24, 2.45) is 0 Å². The van der Waals surface area contributed by atoms with Gasteiger partial charge in [0.05, 0.1) is 17.7 Å². The predicted molar refractivity (Wildman–Crippen MR) is 103 cm³/mol. The fraction of sp³-hybridized carbons (Fsp3) is 0.158. The van der Waals surface area contributed by atoms with E-state index >= 15 is 0 Å². The van der Waals surface area contributed by atoms with Crippen LogP contribution in [0.3, 0.4) is 0 Å². The monoisotopic (exact) mass is 385 g/mol. The molecule has 0 aliphatic rings. The van der Waals surface area contributed by atoms with Gasteiger partial charge in [0.1, 0.15) is 5.75 Å². The zero-order valence-corrected chi connectivity index (χ0v) is 15.7. The molecule has 0 spiro atoms. The van der Waals surface area contributed by atoms with E-state index in [9.17, 15) is 13.2 Å². The average molecular weight is 385 g/mol. The number of H-pyrrole nitrogens is 1. The molecule has 3 aromatic rings. The number of aromatic amines is 1. The Morgan fingerprint density at radius 1 is 1.07 bits per heavy atom. The standard InChI is InChI=1S/C19H19N3O4S/c1-13-11-15(19(23)21-20-13)12-14-3-9-18(10-4-14)27(24,25)22-16-5-7-17(26-2)8-6-16/h3-11,22H,12H2,1-2H3,(H,21,23). The van der Waals surface area contributed by atoms with Crippen molar-refractivity contribution in [2.75, 3.05) is 11.8 Å². The van der Waals surface area contributed by atoms with Crippen LogP contribution in [-0.4, -0.2) is 25.7 Å². The van der Waals surface area contributed by atoms with Gasteiger partial charge in [-0.2, -0.15) is 5.10 Å². The minimum atomic E-state index is -3.71. The number of hydrogen-bond acceptors (Lipinski definition) is 5. The SMILES string of the molecule is COc1ccc(NS(=O)(=O)c2ccc(Cc3cc(C)n[nH]c3=O)cc2)cc1. The maximum Gasteiger partial charge on any atom is 0.267 e. The Morgan fingerprint density at radius 3 is 2.37 bits per heavy atom. The van der Waals surface area contributed by atoms with E-state index in [2.05, 4.69) is 14.9 Å². The molecule has 0 saturated carbocycles. The Kier molecular flexibility index (Phi) is 5.27. The first-order valence-electron chi connectivity index (χ1n) is 8.18. The molecular weight excluding hydrogens is 366 g/mol. The van der Waals surface area contributed by atoms with Crippen molar-refractivity contribution in [3.05, 3.63) is 81.8 Å². The van der Waals surface area contributed by atoms with Gasteiger partial charge in [0.2, 0.25) is 0 Å². The van der Waals surface area contributed by atoms with Crippen LogP contribution in [0.25, 0.3) is 0 Å². The molecule has 7 nitrogen and oxygen atoms in total. The first-order chi connectivity index (χ1) is 12.9. The lowest BCUT2D eigenvalue weighted by atomic mass is 10.1. The summed E-state index contributed by atoms with van der Waals surface area (Å²) >= 11 is 0. The maximum absolute atomic E-state index is 12.5. The minimum absolute atomic E-state index is 0.141. The third-order valence-electron chi connectivity index (χ3n) is 3.98. The van der Waals surface area contributed by atoms with Crippen LogP contribution < -0.4 is 15.0 Å². The molecule has 0 aliphatic heterocycles. The molecule has 0 saturated heterocycles. The van der Waals surface area contributed by atoms with Crippen molar-refractivity contribution in [1.29, 1.82) is 0 Å². The molecule has 3 rings (SSSR count). The molecule has 8 heteroatoms. The molecule has 0 fully saturated rings. The van der Waals surface area contributed by atoms with Crippen molar-refractivity contribution < 1.29 is 13.2 Å². The number of ether oxygens (including phenoxy) is 1. The van der Waals surface area contributed by atoms with E-state index < -0.39 is 10.0 Å². The smallest absolute Gasteiger partial charge is 0.267 e. The van der Waals surface area contributed by atoms with Crippen LogP contribution in [0.2, 0.25) is 0 Å². The normalized spacial score (nSPS) is 11.2. The zero-order chi connectivity index (χ0) is 19.4. The molecular formula is C19H19N3O4S. The average Bonchev–Trinajstić information content (AvgIpc) is 2.65. The Balaban J connectivity index is 1.77. The van der Waals surface area contributed by atoms with Crippen LogP contribution in [0, 0.1) is 6.92 Å². The molecule has 2 N–H and O–H groups in total. The second kappa shape index (κ2) is 7.63. The maximum atomic E-state index is 12.5. The molecule has 0 bridgehead atoms. The van der Waals surface area contributed by atoms with Gasteiger partial charge in [0.15, 0.2) is 0 Å². The molecule has 27 heavy (non-hydrogen) atoms. The molecule has 0 radical (unpaired) electrons. The summed E-state index contributed by atoms with van der Waals surface area (Å²) in [6, 6.07) is 14.7. The van der Waals surface area contributed by atoms with E-state index in [-0.39, 0.29) is 10.5 Å². The number of aromatic nitrogens is 2. The van der Waals surface area contributed by atoms with Gasteiger partial charge in [0.25, 0.3) is 15.6 Å². The first-order valence-corrected chi connectivity index (χ1v) is 9.67. The van der Waals surface area contributed by atoms with E-state index in [0.29, 0.717) is 29.1 Å². The topological polar surface area (TPSA) is 101 Å². The summed E-state index contributed by atoms with van der Waals surface area (Å²) in [5.74, 6) is 0.642. The molecule has 1 heterocycles. The van der Waals surface area contributed by atoms with Gasteiger partial charge in [0, 0.05) is 17.7 Å². The molecule has 0 amide bonds. The largest absolute Gasteiger partial charge is 0.497 e. The highest BCUT2D eigenvalue weighted by Gasteiger charge is 2.14. The van der Waals surface area contributed by atoms with Crippen LogP contribution in [-0.2, 0) is 16.4 Å². The number of aryl methyl sites for hydroxylation is 1. The summed E-state index contributed by atoms with van der Waals surface area (Å²) in [5.41, 5.74) is 2.31. The Bertz CT molecular complexity index is 1090. The molecule has 1 aromatic heterocycles. The second-order valence-corrected chi connectivity index (χ2v) is 7.70. The van der Waals surface area contributed by atoms with E-state index in [1.165, 1.54) is 12.1 Å². The van der Waals surface area contributed by atoms with Crippen molar-refractivity contribution >= 4 is 15.7 Å². The van der Waals surface area contributed by atoms with E-state index in [4.69, 9.17) is 4.74 Å². The van der Waals surface area contributed by atoms with Crippen molar-refractivity contribution in [1.82, 2.24) is 10.2 Å². The van der Waals surface area contributed by atoms with E-state index in [1.54, 1.807) is 56.5 Å². The predicted octanol–water partition coefficient (Wildman–Crippen LogP) is 2.48. The Labute approximate surface area is 157 Å². The summed E-state index contributed by atoms with van der Waals surface area (Å²) in [5, 5.41) is 6.28. The van der Waals surface area contributed by atoms with Crippen LogP contribution in [0.15, 0.2) is 64.3 Å². The van der Waals surface area contributed by atoms with Gasteiger partial charge in [-0.1, -0.05) is 12.1 Å². The van der Waals surface area contributed by atoms with Gasteiger partial charge >= 0.3 is 0 Å². The zero-order valence-electron chi connectivity index (χ0n) is 14.9. The molecule has 0 aliphatic carbocycles. The minimum Gasteiger partial charge on any atom is -0.497 e. The number of nitrogens with zero attached hydrogens (tertiary/aromatic N) is 1. The summed E-state index contributed by atoms with van der Waals surface area (Å²) in [4.78, 5) is 12.0. The Hall–Kier alpha value is -3.13. The number of rotatable bonds is 6. The number of anilines is 1. The number of benzene rings is 2. The molecule has 140 valence electrons. The van der Waals surface area contributed by atoms with Crippen LogP contribution in [0.1, 0.15) is 16.8 Å². The molecule has 2 aromatic carbocycles. The van der Waals surface area contributed by atoms with Crippen LogP contribution >= 0.6 is 0 Å². The number of methoxy groups -OCH3 is 1. The Morgan fingerprint density at radius 2 is 1.74 bits per heavy atom. The third-order valence-corrected chi connectivity index (χ3v) is 5.38. The number of nitrogens with one attached hydrogen (secondary N) is 2. The first kappa shape index (κ1) is 18.7. The molecule has 0 atom stereocenters. The summed E-state index contributed by atoms with van der Waals surface area (Å²) in [6.45, 7) is 1.79. The van der Waals surface area contributed by atoms with Gasteiger partial charge in [-0.25, -0.2) is 13.5 Å². The fourth-order valence-corrected chi connectivity index (χ4v) is 3.63. The van der Waals surface area contributed by atoms with Crippen molar-refractivity contribution in [3.8, 4) is 5.75 Å². The quantitative estimate of drug-likeness (QED) is 0.679. The van der Waals surface area contributed by atoms with Gasteiger partial charge in [-0.15, -0.1) is 0 Å². The number of hydrogen-bond donors (Lipinski definition) is 2. The van der Waals surface area contributed by atoms with E-state index in [0.717, 1.165) is 5.56 Å². The third kappa shape index (κ3) is 4.53. The number of sulfonamides is 1. The lowest BCUT2D eigenvalue weighted by Crippen LogP contribution is -2.15. The van der Waals surface area contributed by atoms with Crippen molar-refractivity contribution in [2.45, 2.75) is 18.2 Å². The van der Waals surface area contributed by atoms with Gasteiger partial charge < -0.3 is 4.74 Å². The van der Waals surface area contributed by atoms with Crippen LogP contribution in [0.4, 0.5) is 5.69 Å². The summed E-state index contributed by atoms with van der Waals surface area (Å²) in [6.07, 6.45) is 0.394. The highest BCUT2D eigenvalue weighted by molar-refractivity contribution is 7.92. The lowest BCUT2D eigenvalue weighted by Gasteiger charge is -2.09. The summed E-state index contributed by atoms with van der Waals surface area (Å²) in [7, 11) is -2.16. The second-order valence-electron chi connectivity index (χ2n) is 6.02. The van der Waals surface area contributed by atoms with Crippen molar-refractivity contribution in [3.63, 3.8) is 0 Å². The highest BCUT2D eigenvalue weighted by Crippen LogP contribution is 2.20. The van der Waals surface area contributed by atoms with Crippen LogP contribution in [0.5, 0.6) is 5.75 Å².